The predicted octanol–water partition coefficient (Wildman–Crippen LogP) is 0.507. The van der Waals surface area contributed by atoms with Crippen molar-refractivity contribution in [3.05, 3.63) is 41.4 Å². The molecule has 1 aromatic carbocycles. The molecule has 0 bridgehead atoms. The average molecular weight is 299 g/mol. The Kier molecular flexibility index (Phi) is 6.05. The summed E-state index contributed by atoms with van der Waals surface area (Å²) in [4.78, 5) is 32.5. The van der Waals surface area contributed by atoms with E-state index in [1.165, 1.54) is 0 Å². The highest BCUT2D eigenvalue weighted by Crippen LogP contribution is 2.22. The first-order valence-electron chi connectivity index (χ1n) is 5.36. The maximum atomic E-state index is 11.3. The Bertz CT molecular complexity index is 544. The van der Waals surface area contributed by atoms with Crippen LogP contribution in [-0.2, 0) is 14.4 Å². The Morgan fingerprint density at radius 1 is 1.20 bits per heavy atom. The number of halogens is 1. The largest absolute Gasteiger partial charge is 0.482 e. The summed E-state index contributed by atoms with van der Waals surface area (Å²) in [6, 6.07) is 6.60. The third-order valence-electron chi connectivity index (χ3n) is 1.90. The molecule has 0 atom stereocenters. The number of aliphatic carboxylic acids is 1. The van der Waals surface area contributed by atoms with Crippen LogP contribution in [0.2, 0.25) is 5.02 Å². The normalized spacial score (nSPS) is 10.1. The molecule has 0 saturated heterocycles. The third-order valence-corrected chi connectivity index (χ3v) is 2.21. The van der Waals surface area contributed by atoms with Gasteiger partial charge in [0.15, 0.2) is 6.61 Å². The smallest absolute Gasteiger partial charge is 0.328 e. The van der Waals surface area contributed by atoms with E-state index in [1.807, 2.05) is 10.9 Å². The number of hydrogen-bond acceptors (Lipinski definition) is 4. The lowest BCUT2D eigenvalue weighted by Gasteiger charge is -2.08. The van der Waals surface area contributed by atoms with Crippen molar-refractivity contribution in [1.82, 2.24) is 10.9 Å². The van der Waals surface area contributed by atoms with E-state index < -0.39 is 17.8 Å². The zero-order valence-electron chi connectivity index (χ0n) is 10.1. The first-order valence-corrected chi connectivity index (χ1v) is 5.74. The minimum Gasteiger partial charge on any atom is -0.482 e. The number of nitrogens with one attached hydrogen (secondary N) is 2. The van der Waals surface area contributed by atoms with Gasteiger partial charge in [-0.3, -0.25) is 20.4 Å². The van der Waals surface area contributed by atoms with Crippen LogP contribution in [0.15, 0.2) is 36.4 Å². The van der Waals surface area contributed by atoms with Gasteiger partial charge in [0, 0.05) is 12.2 Å². The van der Waals surface area contributed by atoms with Crippen molar-refractivity contribution in [3.8, 4) is 5.75 Å². The molecule has 106 valence electrons. The molecular weight excluding hydrogens is 288 g/mol. The number of carbonyl (C=O) groups excluding carboxylic acids is 2. The van der Waals surface area contributed by atoms with Gasteiger partial charge >= 0.3 is 5.97 Å². The predicted molar refractivity (Wildman–Crippen MR) is 70.0 cm³/mol. The van der Waals surface area contributed by atoms with Crippen molar-refractivity contribution in [2.24, 2.45) is 0 Å². The molecule has 7 nitrogen and oxygen atoms in total. The molecule has 0 heterocycles. The minimum atomic E-state index is -1.27. The van der Waals surface area contributed by atoms with E-state index in [0.29, 0.717) is 16.8 Å². The number of para-hydroxylation sites is 1. The summed E-state index contributed by atoms with van der Waals surface area (Å²) in [5.74, 6) is -2.34. The summed E-state index contributed by atoms with van der Waals surface area (Å²) in [6.45, 7) is -0.355. The maximum Gasteiger partial charge on any atom is 0.328 e. The van der Waals surface area contributed by atoms with Gasteiger partial charge in [-0.2, -0.15) is 0 Å². The van der Waals surface area contributed by atoms with Crippen molar-refractivity contribution in [1.29, 1.82) is 0 Å². The molecule has 1 rings (SSSR count). The Balaban J connectivity index is 2.33. The Labute approximate surface area is 119 Å². The van der Waals surface area contributed by atoms with E-state index in [0.717, 1.165) is 6.08 Å². The van der Waals surface area contributed by atoms with E-state index in [1.54, 1.807) is 24.3 Å². The standard InChI is InChI=1S/C12H11ClN2O5/c13-8-3-1-2-4-9(8)20-7-11(17)15-14-10(16)5-6-12(18)19/h1-6H,7H2,(H,14,16)(H,15,17)(H,18,19). The fraction of sp³-hybridized carbons (Fsp3) is 0.0833. The maximum absolute atomic E-state index is 11.3. The van der Waals surface area contributed by atoms with E-state index in [-0.39, 0.29) is 6.61 Å². The summed E-state index contributed by atoms with van der Waals surface area (Å²) < 4.78 is 5.12. The molecule has 0 saturated carbocycles. The highest BCUT2D eigenvalue weighted by Gasteiger charge is 2.05. The number of hydrazine groups is 1. The van der Waals surface area contributed by atoms with Crippen molar-refractivity contribution >= 4 is 29.4 Å². The van der Waals surface area contributed by atoms with Crippen LogP contribution in [0.1, 0.15) is 0 Å². The monoisotopic (exact) mass is 298 g/mol. The molecule has 8 heteroatoms. The van der Waals surface area contributed by atoms with E-state index in [2.05, 4.69) is 0 Å². The molecular formula is C12H11ClN2O5. The second-order valence-corrected chi connectivity index (χ2v) is 3.84. The molecule has 0 radical (unpaired) electrons. The van der Waals surface area contributed by atoms with Crippen LogP contribution in [0, 0.1) is 0 Å². The molecule has 2 amide bonds. The van der Waals surface area contributed by atoms with Crippen LogP contribution in [0.25, 0.3) is 0 Å². The number of ether oxygens (including phenoxy) is 1. The van der Waals surface area contributed by atoms with Crippen molar-refractivity contribution in [3.63, 3.8) is 0 Å². The van der Waals surface area contributed by atoms with Gasteiger partial charge in [-0.15, -0.1) is 0 Å². The lowest BCUT2D eigenvalue weighted by atomic mass is 10.3. The third kappa shape index (κ3) is 5.87. The number of carboxylic acids is 1. The second-order valence-electron chi connectivity index (χ2n) is 3.43. The van der Waals surface area contributed by atoms with Gasteiger partial charge in [0.2, 0.25) is 0 Å². The minimum absolute atomic E-state index is 0.335. The van der Waals surface area contributed by atoms with Crippen LogP contribution in [-0.4, -0.2) is 29.5 Å². The van der Waals surface area contributed by atoms with Crippen molar-refractivity contribution < 1.29 is 24.2 Å². The molecule has 0 aliphatic carbocycles. The van der Waals surface area contributed by atoms with Crippen LogP contribution >= 0.6 is 11.6 Å². The van der Waals surface area contributed by atoms with Gasteiger partial charge in [-0.1, -0.05) is 23.7 Å². The van der Waals surface area contributed by atoms with E-state index in [4.69, 9.17) is 21.4 Å². The molecule has 0 aliphatic rings. The van der Waals surface area contributed by atoms with E-state index in [9.17, 15) is 14.4 Å². The fourth-order valence-electron chi connectivity index (χ4n) is 1.06. The van der Waals surface area contributed by atoms with Gasteiger partial charge in [0.05, 0.1) is 5.02 Å². The molecule has 20 heavy (non-hydrogen) atoms. The number of hydrogen-bond donors (Lipinski definition) is 3. The van der Waals surface area contributed by atoms with Crippen molar-refractivity contribution in [2.75, 3.05) is 6.61 Å². The van der Waals surface area contributed by atoms with Crippen LogP contribution in [0.5, 0.6) is 5.75 Å². The van der Waals surface area contributed by atoms with Gasteiger partial charge in [-0.25, -0.2) is 4.79 Å². The Hall–Kier alpha value is -2.54. The Morgan fingerprint density at radius 3 is 2.55 bits per heavy atom. The second kappa shape index (κ2) is 7.80. The number of carboxylic acid groups (broad SMARTS) is 1. The number of benzene rings is 1. The topological polar surface area (TPSA) is 105 Å². The van der Waals surface area contributed by atoms with E-state index >= 15 is 0 Å². The molecule has 1 aromatic rings. The zero-order valence-corrected chi connectivity index (χ0v) is 10.9. The van der Waals surface area contributed by atoms with Gasteiger partial charge in [0.1, 0.15) is 5.75 Å². The lowest BCUT2D eigenvalue weighted by molar-refractivity contribution is -0.131. The van der Waals surface area contributed by atoms with Gasteiger partial charge < -0.3 is 9.84 Å². The van der Waals surface area contributed by atoms with Crippen LogP contribution in [0.4, 0.5) is 0 Å². The van der Waals surface area contributed by atoms with Crippen LogP contribution < -0.4 is 15.6 Å². The molecule has 0 unspecified atom stereocenters. The SMILES string of the molecule is O=C(O)C=CC(=O)NNC(=O)COc1ccccc1Cl. The van der Waals surface area contributed by atoms with Gasteiger partial charge in [0.25, 0.3) is 11.8 Å². The molecule has 0 spiro atoms. The van der Waals surface area contributed by atoms with Gasteiger partial charge in [-0.05, 0) is 12.1 Å². The molecule has 0 aliphatic heterocycles. The zero-order chi connectivity index (χ0) is 15.0. The highest BCUT2D eigenvalue weighted by molar-refractivity contribution is 6.32. The van der Waals surface area contributed by atoms with Crippen molar-refractivity contribution in [2.45, 2.75) is 0 Å². The highest BCUT2D eigenvalue weighted by atomic mass is 35.5. The van der Waals surface area contributed by atoms with Crippen LogP contribution in [0.3, 0.4) is 0 Å². The quantitative estimate of drug-likeness (QED) is 0.542. The summed E-state index contributed by atoms with van der Waals surface area (Å²) in [6.07, 6.45) is 1.40. The number of amides is 2. The summed E-state index contributed by atoms with van der Waals surface area (Å²) in [5, 5.41) is 8.64. The lowest BCUT2D eigenvalue weighted by Crippen LogP contribution is -2.43. The molecule has 0 fully saturated rings. The first-order chi connectivity index (χ1) is 9.49. The average Bonchev–Trinajstić information content (AvgIpc) is 2.42. The number of rotatable bonds is 5. The summed E-state index contributed by atoms with van der Waals surface area (Å²) in [5.41, 5.74) is 4.03. The summed E-state index contributed by atoms with van der Waals surface area (Å²) >= 11 is 5.81. The molecule has 0 aromatic heterocycles. The number of carbonyl (C=O) groups is 3. The molecule has 3 N–H and O–H groups in total. The first kappa shape index (κ1) is 15.5. The Morgan fingerprint density at radius 2 is 1.90 bits per heavy atom. The fourth-order valence-corrected chi connectivity index (χ4v) is 1.25. The summed E-state index contributed by atoms with van der Waals surface area (Å²) in [7, 11) is 0.